The molecule has 2 aromatic carbocycles. The SMILES string of the molecule is CCOC(=O)C1=C(O)/C(=C/c2cc(Br)cc(I)c2O)SC1=NC(=O)c1ccc(C)cc1. The summed E-state index contributed by atoms with van der Waals surface area (Å²) in [6.45, 7) is 3.65. The number of hydrogen-bond donors (Lipinski definition) is 2. The first-order chi connectivity index (χ1) is 14.7. The van der Waals surface area contributed by atoms with Crippen molar-refractivity contribution in [1.82, 2.24) is 0 Å². The Kier molecular flexibility index (Phi) is 7.60. The van der Waals surface area contributed by atoms with E-state index < -0.39 is 11.9 Å². The number of aliphatic hydroxyl groups is 1. The van der Waals surface area contributed by atoms with Crippen LogP contribution in [0.1, 0.15) is 28.4 Å². The van der Waals surface area contributed by atoms with E-state index >= 15 is 0 Å². The van der Waals surface area contributed by atoms with Gasteiger partial charge in [-0.3, -0.25) is 4.79 Å². The maximum absolute atomic E-state index is 12.6. The minimum atomic E-state index is -0.778. The molecule has 0 radical (unpaired) electrons. The monoisotopic (exact) mass is 613 g/mol. The predicted molar refractivity (Wildman–Crippen MR) is 133 cm³/mol. The third-order valence-electron chi connectivity index (χ3n) is 4.22. The molecule has 1 aliphatic heterocycles. The maximum Gasteiger partial charge on any atom is 0.344 e. The quantitative estimate of drug-likeness (QED) is 0.336. The molecule has 0 saturated carbocycles. The first kappa shape index (κ1) is 23.6. The highest BCUT2D eigenvalue weighted by molar-refractivity contribution is 14.1. The number of carbonyl (C=O) groups excluding carboxylic acids is 2. The van der Waals surface area contributed by atoms with Crippen molar-refractivity contribution in [1.29, 1.82) is 0 Å². The molecular formula is C22H17BrINO5S. The number of rotatable bonds is 4. The van der Waals surface area contributed by atoms with Crippen LogP contribution < -0.4 is 0 Å². The van der Waals surface area contributed by atoms with Crippen LogP contribution in [0.15, 0.2) is 62.1 Å². The van der Waals surface area contributed by atoms with Gasteiger partial charge < -0.3 is 14.9 Å². The summed E-state index contributed by atoms with van der Waals surface area (Å²) in [6.07, 6.45) is 1.53. The summed E-state index contributed by atoms with van der Waals surface area (Å²) in [4.78, 5) is 29.4. The Balaban J connectivity index is 2.06. The lowest BCUT2D eigenvalue weighted by Crippen LogP contribution is -2.14. The van der Waals surface area contributed by atoms with Gasteiger partial charge in [0.15, 0.2) is 0 Å². The summed E-state index contributed by atoms with van der Waals surface area (Å²) < 4.78 is 6.39. The summed E-state index contributed by atoms with van der Waals surface area (Å²) in [6, 6.07) is 10.3. The molecule has 160 valence electrons. The van der Waals surface area contributed by atoms with Gasteiger partial charge in [0.1, 0.15) is 22.1 Å². The summed E-state index contributed by atoms with van der Waals surface area (Å²) >= 11 is 6.32. The van der Waals surface area contributed by atoms with Crippen molar-refractivity contribution in [2.75, 3.05) is 6.61 Å². The molecule has 1 amide bonds. The summed E-state index contributed by atoms with van der Waals surface area (Å²) in [7, 11) is 0. The van der Waals surface area contributed by atoms with Crippen molar-refractivity contribution in [2.45, 2.75) is 13.8 Å². The number of nitrogens with zero attached hydrogens (tertiary/aromatic N) is 1. The molecule has 0 atom stereocenters. The van der Waals surface area contributed by atoms with Crippen LogP contribution in [-0.2, 0) is 9.53 Å². The van der Waals surface area contributed by atoms with Crippen LogP contribution in [0.5, 0.6) is 5.75 Å². The molecule has 31 heavy (non-hydrogen) atoms. The number of thioether (sulfide) groups is 1. The average molecular weight is 614 g/mol. The van der Waals surface area contributed by atoms with E-state index in [-0.39, 0.29) is 33.6 Å². The van der Waals surface area contributed by atoms with Crippen molar-refractivity contribution in [3.63, 3.8) is 0 Å². The Morgan fingerprint density at radius 3 is 2.55 bits per heavy atom. The molecule has 1 aliphatic rings. The zero-order valence-corrected chi connectivity index (χ0v) is 21.0. The number of carbonyl (C=O) groups is 2. The summed E-state index contributed by atoms with van der Waals surface area (Å²) in [5, 5.41) is 21.1. The van der Waals surface area contributed by atoms with Gasteiger partial charge in [-0.25, -0.2) is 9.79 Å². The second-order valence-corrected chi connectivity index (χ2v) is 9.58. The number of phenolic OH excluding ortho intramolecular Hbond substituents is 1. The van der Waals surface area contributed by atoms with Crippen molar-refractivity contribution >= 4 is 73.3 Å². The Hall–Kier alpha value is -2.11. The highest BCUT2D eigenvalue weighted by Crippen LogP contribution is 2.41. The van der Waals surface area contributed by atoms with E-state index in [9.17, 15) is 19.8 Å². The number of amides is 1. The first-order valence-corrected chi connectivity index (χ1v) is 11.8. The van der Waals surface area contributed by atoms with Crippen molar-refractivity contribution in [2.24, 2.45) is 4.99 Å². The molecule has 0 aliphatic carbocycles. The number of aliphatic hydroxyl groups excluding tert-OH is 1. The number of aromatic hydroxyl groups is 1. The number of aryl methyl sites for hydroxylation is 1. The molecule has 9 heteroatoms. The Bertz CT molecular complexity index is 1160. The Morgan fingerprint density at radius 2 is 1.90 bits per heavy atom. The number of benzene rings is 2. The second-order valence-electron chi connectivity index (χ2n) is 6.47. The highest BCUT2D eigenvalue weighted by atomic mass is 127. The second kappa shape index (κ2) is 10.0. The molecule has 2 N–H and O–H groups in total. The van der Waals surface area contributed by atoms with E-state index in [4.69, 9.17) is 4.74 Å². The van der Waals surface area contributed by atoms with Crippen LogP contribution in [0.4, 0.5) is 0 Å². The van der Waals surface area contributed by atoms with Gasteiger partial charge in [-0.2, -0.15) is 0 Å². The average Bonchev–Trinajstić information content (AvgIpc) is 3.01. The van der Waals surface area contributed by atoms with Crippen LogP contribution in [0, 0.1) is 10.5 Å². The Morgan fingerprint density at radius 1 is 1.23 bits per heavy atom. The molecule has 0 unspecified atom stereocenters. The van der Waals surface area contributed by atoms with Gasteiger partial charge in [0.05, 0.1) is 15.1 Å². The number of ether oxygens (including phenoxy) is 1. The zero-order valence-electron chi connectivity index (χ0n) is 16.5. The normalized spacial score (nSPS) is 16.3. The zero-order chi connectivity index (χ0) is 22.7. The summed E-state index contributed by atoms with van der Waals surface area (Å²) in [5.74, 6) is -1.64. The van der Waals surface area contributed by atoms with Gasteiger partial charge in [0, 0.05) is 15.6 Å². The van der Waals surface area contributed by atoms with E-state index in [1.165, 1.54) is 6.08 Å². The molecular weight excluding hydrogens is 597 g/mol. The standard InChI is InChI=1S/C22H17BrINO5S/c1-3-30-22(29)17-19(27)16(9-13-8-14(23)10-15(24)18(13)26)31-21(17)25-20(28)12-6-4-11(2)5-7-12/h4-10,26-27H,3H2,1-2H3/b16-9-,25-21?. The minimum absolute atomic E-state index is 0.0310. The fraction of sp³-hybridized carbons (Fsp3) is 0.136. The fourth-order valence-corrected chi connectivity index (χ4v) is 5.24. The number of hydrogen-bond acceptors (Lipinski definition) is 6. The smallest absolute Gasteiger partial charge is 0.344 e. The first-order valence-electron chi connectivity index (χ1n) is 9.09. The number of phenols is 1. The number of esters is 1. The van der Waals surface area contributed by atoms with E-state index in [0.717, 1.165) is 21.8 Å². The summed E-state index contributed by atoms with van der Waals surface area (Å²) in [5.41, 5.74) is 1.61. The van der Waals surface area contributed by atoms with Gasteiger partial charge in [-0.15, -0.1) is 0 Å². The van der Waals surface area contributed by atoms with Crippen molar-refractivity contribution in [3.8, 4) is 5.75 Å². The highest BCUT2D eigenvalue weighted by Gasteiger charge is 2.34. The molecule has 0 aromatic heterocycles. The van der Waals surface area contributed by atoms with E-state index in [0.29, 0.717) is 14.7 Å². The lowest BCUT2D eigenvalue weighted by atomic mass is 10.1. The lowest BCUT2D eigenvalue weighted by Gasteiger charge is -2.05. The minimum Gasteiger partial charge on any atom is -0.506 e. The van der Waals surface area contributed by atoms with E-state index in [2.05, 4.69) is 20.9 Å². The molecule has 0 fully saturated rings. The third-order valence-corrected chi connectivity index (χ3v) is 6.52. The molecule has 3 rings (SSSR count). The number of halogens is 2. The molecule has 0 spiro atoms. The number of aliphatic imine (C=N–C) groups is 1. The van der Waals surface area contributed by atoms with Crippen LogP contribution in [0.25, 0.3) is 6.08 Å². The van der Waals surface area contributed by atoms with Gasteiger partial charge in [0.2, 0.25) is 0 Å². The van der Waals surface area contributed by atoms with Gasteiger partial charge in [-0.1, -0.05) is 45.4 Å². The molecule has 0 saturated heterocycles. The van der Waals surface area contributed by atoms with Crippen LogP contribution >= 0.6 is 50.3 Å². The van der Waals surface area contributed by atoms with Crippen LogP contribution in [0.3, 0.4) is 0 Å². The van der Waals surface area contributed by atoms with E-state index in [1.807, 2.05) is 29.5 Å². The fourth-order valence-electron chi connectivity index (χ4n) is 2.68. The molecule has 1 heterocycles. The lowest BCUT2D eigenvalue weighted by molar-refractivity contribution is -0.138. The van der Waals surface area contributed by atoms with Gasteiger partial charge in [0.25, 0.3) is 5.91 Å². The molecule has 6 nitrogen and oxygen atoms in total. The molecule has 2 aromatic rings. The topological polar surface area (TPSA) is 96.2 Å². The van der Waals surface area contributed by atoms with Crippen molar-refractivity contribution in [3.05, 3.63) is 77.4 Å². The van der Waals surface area contributed by atoms with Crippen LogP contribution in [-0.4, -0.2) is 33.7 Å². The maximum atomic E-state index is 12.6. The third kappa shape index (κ3) is 5.39. The van der Waals surface area contributed by atoms with Gasteiger partial charge in [-0.05, 0) is 66.8 Å². The van der Waals surface area contributed by atoms with E-state index in [1.54, 1.807) is 43.3 Å². The molecule has 0 bridgehead atoms. The van der Waals surface area contributed by atoms with Gasteiger partial charge >= 0.3 is 5.97 Å². The van der Waals surface area contributed by atoms with Crippen molar-refractivity contribution < 1.29 is 24.5 Å². The largest absolute Gasteiger partial charge is 0.506 e. The predicted octanol–water partition coefficient (Wildman–Crippen LogP) is 5.77. The van der Waals surface area contributed by atoms with Crippen LogP contribution in [0.2, 0.25) is 0 Å². The Labute approximate surface area is 205 Å².